The van der Waals surface area contributed by atoms with Crippen molar-refractivity contribution in [1.82, 2.24) is 15.1 Å². The van der Waals surface area contributed by atoms with Crippen LogP contribution in [0.25, 0.3) is 0 Å². The number of nitrogens with zero attached hydrogens (tertiary/aromatic N) is 2. The molecule has 0 radical (unpaired) electrons. The molecule has 1 saturated heterocycles. The Morgan fingerprint density at radius 2 is 1.59 bits per heavy atom. The Labute approximate surface area is 159 Å². The molecule has 0 unspecified atom stereocenters. The summed E-state index contributed by atoms with van der Waals surface area (Å²) in [5.41, 5.74) is 0.882. The largest absolute Gasteiger partial charge is 0.493 e. The van der Waals surface area contributed by atoms with E-state index >= 15 is 0 Å². The van der Waals surface area contributed by atoms with Crippen molar-refractivity contribution >= 4 is 17.7 Å². The van der Waals surface area contributed by atoms with E-state index in [1.54, 1.807) is 36.2 Å². The van der Waals surface area contributed by atoms with Crippen molar-refractivity contribution < 1.29 is 23.9 Å². The third-order valence-corrected chi connectivity index (χ3v) is 4.58. The van der Waals surface area contributed by atoms with E-state index in [1.165, 1.54) is 6.92 Å². The fourth-order valence-corrected chi connectivity index (χ4v) is 2.93. The van der Waals surface area contributed by atoms with Crippen LogP contribution in [0.4, 0.5) is 0 Å². The van der Waals surface area contributed by atoms with Crippen LogP contribution in [0.2, 0.25) is 0 Å². The molecular weight excluding hydrogens is 350 g/mol. The molecule has 3 amide bonds. The van der Waals surface area contributed by atoms with Crippen molar-refractivity contribution in [1.29, 1.82) is 0 Å². The van der Waals surface area contributed by atoms with Crippen molar-refractivity contribution in [2.75, 3.05) is 40.4 Å². The van der Waals surface area contributed by atoms with Gasteiger partial charge < -0.3 is 24.6 Å². The van der Waals surface area contributed by atoms with Gasteiger partial charge in [-0.05, 0) is 17.7 Å². The normalized spacial score (nSPS) is 13.9. The van der Waals surface area contributed by atoms with E-state index in [0.29, 0.717) is 44.2 Å². The van der Waals surface area contributed by atoms with Crippen LogP contribution in [0.15, 0.2) is 18.2 Å². The van der Waals surface area contributed by atoms with E-state index in [9.17, 15) is 14.4 Å². The van der Waals surface area contributed by atoms with Crippen LogP contribution in [0.1, 0.15) is 25.3 Å². The third-order valence-electron chi connectivity index (χ3n) is 4.58. The number of ether oxygens (including phenoxy) is 2. The van der Waals surface area contributed by atoms with E-state index in [0.717, 1.165) is 5.56 Å². The summed E-state index contributed by atoms with van der Waals surface area (Å²) in [6, 6.07) is 5.44. The Balaban J connectivity index is 1.73. The maximum atomic E-state index is 12.2. The number of carbonyl (C=O) groups excluding carboxylic acids is 3. The first-order chi connectivity index (χ1) is 12.9. The Morgan fingerprint density at radius 3 is 2.19 bits per heavy atom. The molecule has 0 spiro atoms. The molecule has 1 aromatic carbocycles. The Morgan fingerprint density at radius 1 is 0.963 bits per heavy atom. The molecule has 0 aromatic heterocycles. The minimum atomic E-state index is -0.180. The molecule has 27 heavy (non-hydrogen) atoms. The van der Waals surface area contributed by atoms with Crippen LogP contribution < -0.4 is 14.8 Å². The topological polar surface area (TPSA) is 88.2 Å². The van der Waals surface area contributed by atoms with Gasteiger partial charge in [0, 0.05) is 52.5 Å². The van der Waals surface area contributed by atoms with E-state index < -0.39 is 0 Å². The van der Waals surface area contributed by atoms with Crippen molar-refractivity contribution in [2.45, 2.75) is 26.3 Å². The fourth-order valence-electron chi connectivity index (χ4n) is 2.93. The molecule has 2 rings (SSSR count). The first-order valence-corrected chi connectivity index (χ1v) is 8.95. The van der Waals surface area contributed by atoms with Gasteiger partial charge in [-0.3, -0.25) is 14.4 Å². The van der Waals surface area contributed by atoms with Crippen LogP contribution in [0.3, 0.4) is 0 Å². The molecule has 148 valence electrons. The van der Waals surface area contributed by atoms with Gasteiger partial charge >= 0.3 is 0 Å². The highest BCUT2D eigenvalue weighted by Crippen LogP contribution is 2.27. The van der Waals surface area contributed by atoms with Gasteiger partial charge in [0.1, 0.15) is 0 Å². The minimum absolute atomic E-state index is 0.0247. The van der Waals surface area contributed by atoms with Gasteiger partial charge in [-0.1, -0.05) is 6.07 Å². The fraction of sp³-hybridized carbons (Fsp3) is 0.526. The zero-order valence-electron chi connectivity index (χ0n) is 16.1. The highest BCUT2D eigenvalue weighted by atomic mass is 16.5. The molecule has 0 atom stereocenters. The summed E-state index contributed by atoms with van der Waals surface area (Å²) in [6.45, 7) is 4.02. The second kappa shape index (κ2) is 9.80. The summed E-state index contributed by atoms with van der Waals surface area (Å²) in [4.78, 5) is 39.0. The highest BCUT2D eigenvalue weighted by Gasteiger charge is 2.22. The summed E-state index contributed by atoms with van der Waals surface area (Å²) >= 11 is 0. The number of piperazine rings is 1. The zero-order chi connectivity index (χ0) is 19.8. The summed E-state index contributed by atoms with van der Waals surface area (Å²) in [5.74, 6) is 1.02. The number of nitrogens with one attached hydrogen (secondary N) is 1. The number of benzene rings is 1. The lowest BCUT2D eigenvalue weighted by Crippen LogP contribution is -2.50. The zero-order valence-corrected chi connectivity index (χ0v) is 16.1. The molecular formula is C19H27N3O5. The average molecular weight is 377 g/mol. The highest BCUT2D eigenvalue weighted by molar-refractivity contribution is 5.84. The van der Waals surface area contributed by atoms with E-state index in [1.807, 2.05) is 6.07 Å². The Hall–Kier alpha value is -2.77. The first-order valence-electron chi connectivity index (χ1n) is 8.95. The number of carbonyl (C=O) groups is 3. The Kier molecular flexibility index (Phi) is 7.45. The van der Waals surface area contributed by atoms with Gasteiger partial charge in [-0.15, -0.1) is 0 Å². The lowest BCUT2D eigenvalue weighted by Gasteiger charge is -2.34. The number of hydrogen-bond donors (Lipinski definition) is 1. The predicted molar refractivity (Wildman–Crippen MR) is 99.5 cm³/mol. The lowest BCUT2D eigenvalue weighted by atomic mass is 10.2. The number of amides is 3. The molecule has 0 aliphatic carbocycles. The molecule has 1 aliphatic heterocycles. The third kappa shape index (κ3) is 5.87. The van der Waals surface area contributed by atoms with E-state index in [-0.39, 0.29) is 30.6 Å². The van der Waals surface area contributed by atoms with Gasteiger partial charge in [0.2, 0.25) is 17.7 Å². The van der Waals surface area contributed by atoms with Crippen LogP contribution in [0, 0.1) is 0 Å². The number of methoxy groups -OCH3 is 2. The molecule has 1 fully saturated rings. The second-order valence-corrected chi connectivity index (χ2v) is 6.35. The van der Waals surface area contributed by atoms with E-state index in [4.69, 9.17) is 9.47 Å². The second-order valence-electron chi connectivity index (χ2n) is 6.35. The Bertz CT molecular complexity index is 684. The minimum Gasteiger partial charge on any atom is -0.493 e. The first kappa shape index (κ1) is 20.5. The van der Waals surface area contributed by atoms with E-state index in [2.05, 4.69) is 5.32 Å². The predicted octanol–water partition coefficient (Wildman–Crippen LogP) is 0.791. The number of hydrogen-bond acceptors (Lipinski definition) is 5. The standard InChI is InChI=1S/C19H27N3O5/c1-14(23)21-8-10-22(11-9-21)19(25)7-6-18(24)20-13-15-4-5-16(26-2)17(12-15)27-3/h4-5,12H,6-11,13H2,1-3H3,(H,20,24). The van der Waals surface area contributed by atoms with Crippen LogP contribution in [0.5, 0.6) is 11.5 Å². The van der Waals surface area contributed by atoms with Gasteiger partial charge in [0.05, 0.1) is 14.2 Å². The quantitative estimate of drug-likeness (QED) is 0.759. The van der Waals surface area contributed by atoms with Gasteiger partial charge in [-0.2, -0.15) is 0 Å². The SMILES string of the molecule is COc1ccc(CNC(=O)CCC(=O)N2CCN(C(C)=O)CC2)cc1OC. The van der Waals surface area contributed by atoms with Crippen molar-refractivity contribution in [3.05, 3.63) is 23.8 Å². The summed E-state index contributed by atoms with van der Waals surface area (Å²) in [5, 5.41) is 2.81. The summed E-state index contributed by atoms with van der Waals surface area (Å²) in [6.07, 6.45) is 0.302. The molecule has 1 heterocycles. The molecule has 0 saturated carbocycles. The van der Waals surface area contributed by atoms with Crippen molar-refractivity contribution in [2.24, 2.45) is 0 Å². The lowest BCUT2D eigenvalue weighted by molar-refractivity contribution is -0.139. The van der Waals surface area contributed by atoms with Crippen LogP contribution in [-0.4, -0.2) is 67.9 Å². The van der Waals surface area contributed by atoms with Gasteiger partial charge in [0.15, 0.2) is 11.5 Å². The molecule has 1 aromatic rings. The van der Waals surface area contributed by atoms with Crippen LogP contribution >= 0.6 is 0 Å². The molecule has 8 nitrogen and oxygen atoms in total. The smallest absolute Gasteiger partial charge is 0.223 e. The maximum Gasteiger partial charge on any atom is 0.223 e. The monoisotopic (exact) mass is 377 g/mol. The molecule has 1 aliphatic rings. The van der Waals surface area contributed by atoms with Crippen LogP contribution in [-0.2, 0) is 20.9 Å². The molecule has 8 heteroatoms. The van der Waals surface area contributed by atoms with Gasteiger partial charge in [-0.25, -0.2) is 0 Å². The maximum absolute atomic E-state index is 12.2. The molecule has 0 bridgehead atoms. The number of rotatable bonds is 7. The van der Waals surface area contributed by atoms with Crippen molar-refractivity contribution in [3.63, 3.8) is 0 Å². The average Bonchev–Trinajstić information content (AvgIpc) is 2.70. The summed E-state index contributed by atoms with van der Waals surface area (Å²) < 4.78 is 10.4. The van der Waals surface area contributed by atoms with Gasteiger partial charge in [0.25, 0.3) is 0 Å². The summed E-state index contributed by atoms with van der Waals surface area (Å²) in [7, 11) is 3.12. The molecule has 1 N–H and O–H groups in total. The van der Waals surface area contributed by atoms with Crippen molar-refractivity contribution in [3.8, 4) is 11.5 Å².